The normalized spacial score (nSPS) is 10.4. The predicted octanol–water partition coefficient (Wildman–Crippen LogP) is 1.94. The van der Waals surface area contributed by atoms with Crippen LogP contribution < -0.4 is 0 Å². The van der Waals surface area contributed by atoms with Crippen molar-refractivity contribution in [2.75, 3.05) is 0 Å². The van der Waals surface area contributed by atoms with Gasteiger partial charge < -0.3 is 0 Å². The van der Waals surface area contributed by atoms with Crippen LogP contribution >= 0.6 is 0 Å². The molecule has 0 saturated heterocycles. The van der Waals surface area contributed by atoms with Crippen LogP contribution in [0, 0.1) is 13.8 Å². The van der Waals surface area contributed by atoms with Gasteiger partial charge in [-0.2, -0.15) is 5.10 Å². The van der Waals surface area contributed by atoms with Crippen LogP contribution in [0.5, 0.6) is 0 Å². The Bertz CT molecular complexity index is 432. The number of hydrogen-bond donors (Lipinski definition) is 0. The van der Waals surface area contributed by atoms with E-state index in [4.69, 9.17) is 0 Å². The summed E-state index contributed by atoms with van der Waals surface area (Å²) in [5.74, 6) is 0. The fourth-order valence-corrected chi connectivity index (χ4v) is 1.39. The molecule has 0 aliphatic carbocycles. The average molecular weight is 187 g/mol. The molecule has 0 spiro atoms. The predicted molar refractivity (Wildman–Crippen MR) is 55.0 cm³/mol. The fraction of sp³-hybridized carbons (Fsp3) is 0.273. The van der Waals surface area contributed by atoms with Gasteiger partial charge in [-0.25, -0.2) is 0 Å². The van der Waals surface area contributed by atoms with Crippen molar-refractivity contribution in [3.05, 3.63) is 47.5 Å². The highest BCUT2D eigenvalue weighted by Crippen LogP contribution is 2.05. The van der Waals surface area contributed by atoms with Crippen molar-refractivity contribution < 1.29 is 0 Å². The Labute approximate surface area is 83.4 Å². The van der Waals surface area contributed by atoms with Crippen molar-refractivity contribution in [2.45, 2.75) is 20.4 Å². The van der Waals surface area contributed by atoms with Crippen molar-refractivity contribution in [1.82, 2.24) is 14.8 Å². The van der Waals surface area contributed by atoms with Crippen LogP contribution in [0.2, 0.25) is 0 Å². The van der Waals surface area contributed by atoms with Gasteiger partial charge in [-0.1, -0.05) is 6.07 Å². The van der Waals surface area contributed by atoms with Crippen molar-refractivity contribution in [3.8, 4) is 0 Å². The summed E-state index contributed by atoms with van der Waals surface area (Å²) in [6.45, 7) is 4.86. The second-order valence-electron chi connectivity index (χ2n) is 3.48. The summed E-state index contributed by atoms with van der Waals surface area (Å²) in [6, 6.07) is 4.02. The third kappa shape index (κ3) is 1.82. The quantitative estimate of drug-likeness (QED) is 0.719. The molecule has 0 aliphatic rings. The largest absolute Gasteiger partial charge is 0.266 e. The summed E-state index contributed by atoms with van der Waals surface area (Å²) >= 11 is 0. The van der Waals surface area contributed by atoms with Crippen LogP contribution in [-0.4, -0.2) is 14.8 Å². The molecule has 0 unspecified atom stereocenters. The standard InChI is InChI=1S/C11H13N3/c1-9-6-13-14(7-9)8-11-10(2)4-3-5-12-11/h3-7H,8H2,1-2H3. The molecule has 0 N–H and O–H groups in total. The molecule has 0 atom stereocenters. The van der Waals surface area contributed by atoms with Crippen LogP contribution in [0.3, 0.4) is 0 Å². The van der Waals surface area contributed by atoms with Gasteiger partial charge in [0.15, 0.2) is 0 Å². The lowest BCUT2D eigenvalue weighted by molar-refractivity contribution is 0.669. The second-order valence-corrected chi connectivity index (χ2v) is 3.48. The number of aromatic nitrogens is 3. The van der Waals surface area contributed by atoms with Gasteiger partial charge in [-0.3, -0.25) is 9.67 Å². The minimum atomic E-state index is 0.751. The van der Waals surface area contributed by atoms with E-state index in [1.165, 1.54) is 11.1 Å². The Morgan fingerprint density at radius 3 is 2.86 bits per heavy atom. The van der Waals surface area contributed by atoms with E-state index in [-0.39, 0.29) is 0 Å². The highest BCUT2D eigenvalue weighted by atomic mass is 15.3. The lowest BCUT2D eigenvalue weighted by Crippen LogP contribution is -2.03. The number of pyridine rings is 1. The van der Waals surface area contributed by atoms with Gasteiger partial charge in [-0.05, 0) is 31.0 Å². The zero-order chi connectivity index (χ0) is 9.97. The fourth-order valence-electron chi connectivity index (χ4n) is 1.39. The molecule has 0 aromatic carbocycles. The molecule has 0 saturated carbocycles. The number of nitrogens with zero attached hydrogens (tertiary/aromatic N) is 3. The molecule has 72 valence electrons. The molecule has 3 heteroatoms. The molecule has 0 fully saturated rings. The van der Waals surface area contributed by atoms with Crippen molar-refractivity contribution in [2.24, 2.45) is 0 Å². The van der Waals surface area contributed by atoms with Gasteiger partial charge in [0.2, 0.25) is 0 Å². The maximum absolute atomic E-state index is 4.32. The van der Waals surface area contributed by atoms with Gasteiger partial charge in [0.25, 0.3) is 0 Å². The molecule has 2 aromatic rings. The van der Waals surface area contributed by atoms with E-state index in [1.54, 1.807) is 0 Å². The van der Waals surface area contributed by atoms with E-state index in [0.717, 1.165) is 12.2 Å². The van der Waals surface area contributed by atoms with Gasteiger partial charge in [0, 0.05) is 12.4 Å². The number of rotatable bonds is 2. The number of aryl methyl sites for hydroxylation is 2. The highest BCUT2D eigenvalue weighted by Gasteiger charge is 2.00. The summed E-state index contributed by atoms with van der Waals surface area (Å²) in [5.41, 5.74) is 3.47. The Morgan fingerprint density at radius 1 is 1.36 bits per heavy atom. The van der Waals surface area contributed by atoms with Gasteiger partial charge in [-0.15, -0.1) is 0 Å². The van der Waals surface area contributed by atoms with Crippen LogP contribution in [0.15, 0.2) is 30.7 Å². The Balaban J connectivity index is 2.23. The molecule has 0 radical (unpaired) electrons. The Hall–Kier alpha value is -1.64. The molecule has 2 heterocycles. The third-order valence-electron chi connectivity index (χ3n) is 2.19. The molecule has 3 nitrogen and oxygen atoms in total. The lowest BCUT2D eigenvalue weighted by Gasteiger charge is -2.03. The maximum atomic E-state index is 4.32. The van der Waals surface area contributed by atoms with Crippen LogP contribution in [0.1, 0.15) is 16.8 Å². The van der Waals surface area contributed by atoms with E-state index in [0.29, 0.717) is 0 Å². The minimum absolute atomic E-state index is 0.751. The monoisotopic (exact) mass is 187 g/mol. The molecule has 2 aromatic heterocycles. The summed E-state index contributed by atoms with van der Waals surface area (Å²) in [7, 11) is 0. The minimum Gasteiger partial charge on any atom is -0.266 e. The first-order valence-corrected chi connectivity index (χ1v) is 4.65. The average Bonchev–Trinajstić information content (AvgIpc) is 2.56. The molecule has 14 heavy (non-hydrogen) atoms. The molecule has 2 rings (SSSR count). The summed E-state index contributed by atoms with van der Waals surface area (Å²) in [5, 5.41) is 4.23. The van der Waals surface area contributed by atoms with Crippen LogP contribution in [0.4, 0.5) is 0 Å². The SMILES string of the molecule is Cc1cnn(Cc2ncccc2C)c1. The molecule has 0 amide bonds. The van der Waals surface area contributed by atoms with Crippen molar-refractivity contribution >= 4 is 0 Å². The first kappa shape index (κ1) is 8.94. The van der Waals surface area contributed by atoms with Gasteiger partial charge >= 0.3 is 0 Å². The Morgan fingerprint density at radius 2 is 2.21 bits per heavy atom. The zero-order valence-electron chi connectivity index (χ0n) is 8.44. The highest BCUT2D eigenvalue weighted by molar-refractivity contribution is 5.18. The first-order chi connectivity index (χ1) is 6.75. The topological polar surface area (TPSA) is 30.7 Å². The van der Waals surface area contributed by atoms with E-state index in [9.17, 15) is 0 Å². The lowest BCUT2D eigenvalue weighted by atomic mass is 10.2. The zero-order valence-corrected chi connectivity index (χ0v) is 8.44. The van der Waals surface area contributed by atoms with Crippen molar-refractivity contribution in [3.63, 3.8) is 0 Å². The van der Waals surface area contributed by atoms with Gasteiger partial charge in [0.05, 0.1) is 18.4 Å². The molecule has 0 aliphatic heterocycles. The van der Waals surface area contributed by atoms with E-state index < -0.39 is 0 Å². The third-order valence-corrected chi connectivity index (χ3v) is 2.19. The summed E-state index contributed by atoms with van der Waals surface area (Å²) in [6.07, 6.45) is 5.70. The number of hydrogen-bond acceptors (Lipinski definition) is 2. The van der Waals surface area contributed by atoms with E-state index in [2.05, 4.69) is 23.1 Å². The summed E-state index contributed by atoms with van der Waals surface area (Å²) < 4.78 is 1.91. The molecular formula is C11H13N3. The first-order valence-electron chi connectivity index (χ1n) is 4.65. The second kappa shape index (κ2) is 3.62. The smallest absolute Gasteiger partial charge is 0.0834 e. The van der Waals surface area contributed by atoms with E-state index >= 15 is 0 Å². The molecular weight excluding hydrogens is 174 g/mol. The molecule has 0 bridgehead atoms. The summed E-state index contributed by atoms with van der Waals surface area (Å²) in [4.78, 5) is 4.32. The van der Waals surface area contributed by atoms with E-state index in [1.807, 2.05) is 36.3 Å². The Kier molecular flexibility index (Phi) is 2.31. The van der Waals surface area contributed by atoms with Crippen molar-refractivity contribution in [1.29, 1.82) is 0 Å². The van der Waals surface area contributed by atoms with Crippen LogP contribution in [-0.2, 0) is 6.54 Å². The van der Waals surface area contributed by atoms with Gasteiger partial charge in [0.1, 0.15) is 0 Å². The maximum Gasteiger partial charge on any atom is 0.0834 e. The van der Waals surface area contributed by atoms with Crippen LogP contribution in [0.25, 0.3) is 0 Å².